The van der Waals surface area contributed by atoms with E-state index in [-0.39, 0.29) is 5.56 Å². The van der Waals surface area contributed by atoms with E-state index in [0.717, 1.165) is 32.9 Å². The third kappa shape index (κ3) is 3.15. The van der Waals surface area contributed by atoms with Gasteiger partial charge in [0, 0.05) is 16.5 Å². The summed E-state index contributed by atoms with van der Waals surface area (Å²) in [5.41, 5.74) is 5.35. The van der Waals surface area contributed by atoms with E-state index < -0.39 is 0 Å². The molecule has 0 atom stereocenters. The Morgan fingerprint density at radius 1 is 0.500 bits per heavy atom. The number of para-hydroxylation sites is 1. The fraction of sp³-hybridized carbons (Fsp3) is 0.0294. The van der Waals surface area contributed by atoms with Crippen molar-refractivity contribution >= 4 is 43.2 Å². The van der Waals surface area contributed by atoms with Gasteiger partial charge in [-0.25, -0.2) is 0 Å². The molecule has 0 aliphatic carbocycles. The van der Waals surface area contributed by atoms with Gasteiger partial charge in [-0.05, 0) is 81.4 Å². The van der Waals surface area contributed by atoms with Gasteiger partial charge in [-0.2, -0.15) is 0 Å². The van der Waals surface area contributed by atoms with Crippen molar-refractivity contribution in [1.29, 1.82) is 0 Å². The second kappa shape index (κ2) is 7.93. The van der Waals surface area contributed by atoms with E-state index in [9.17, 15) is 4.79 Å². The van der Waals surface area contributed by atoms with Crippen LogP contribution in [0.2, 0.25) is 0 Å². The van der Waals surface area contributed by atoms with Crippen LogP contribution >= 0.6 is 0 Å². The molecule has 0 saturated carbocycles. The molecule has 0 aliphatic rings. The number of aromatic nitrogens is 1. The van der Waals surface area contributed by atoms with Gasteiger partial charge in [-0.3, -0.25) is 9.36 Å². The summed E-state index contributed by atoms with van der Waals surface area (Å²) >= 11 is 0. The molecule has 0 fully saturated rings. The molecule has 0 saturated heterocycles. The van der Waals surface area contributed by atoms with Crippen molar-refractivity contribution in [2.75, 3.05) is 0 Å². The minimum absolute atomic E-state index is 0.00425. The van der Waals surface area contributed by atoms with Gasteiger partial charge in [0.2, 0.25) is 0 Å². The molecule has 7 aromatic rings. The highest BCUT2D eigenvalue weighted by atomic mass is 16.1. The molecule has 0 unspecified atom stereocenters. The first kappa shape index (κ1) is 20.7. The SMILES string of the molecule is Cc1ccc2ccc3ccc(-c4ccc5c(c4)c4ccccc4c(=O)n5-c4ccccc4)cc3c2c1. The third-order valence-electron chi connectivity index (χ3n) is 7.23. The molecule has 36 heavy (non-hydrogen) atoms. The molecule has 1 heterocycles. The van der Waals surface area contributed by atoms with Gasteiger partial charge in [0.05, 0.1) is 5.52 Å². The first-order valence-corrected chi connectivity index (χ1v) is 12.2. The standard InChI is InChI=1S/C34H23NO/c1-22-11-12-23-13-14-24-15-16-25(20-31(24)30(23)19-22)26-17-18-33-32(21-26)28-9-5-6-10-29(28)34(36)35(33)27-7-3-2-4-8-27/h2-21H,1H3. The normalized spacial score (nSPS) is 11.6. The second-order valence-corrected chi connectivity index (χ2v) is 9.48. The Morgan fingerprint density at radius 3 is 1.86 bits per heavy atom. The summed E-state index contributed by atoms with van der Waals surface area (Å²) in [6.07, 6.45) is 0. The fourth-order valence-corrected chi connectivity index (χ4v) is 5.44. The number of benzene rings is 6. The summed E-state index contributed by atoms with van der Waals surface area (Å²) in [5, 5.41) is 7.80. The molecule has 0 spiro atoms. The van der Waals surface area contributed by atoms with Crippen LogP contribution < -0.4 is 5.56 Å². The fourth-order valence-electron chi connectivity index (χ4n) is 5.44. The zero-order chi connectivity index (χ0) is 24.2. The van der Waals surface area contributed by atoms with E-state index in [1.165, 1.54) is 32.7 Å². The molecule has 0 amide bonds. The van der Waals surface area contributed by atoms with E-state index in [1.807, 2.05) is 53.1 Å². The number of aryl methyl sites for hydroxylation is 1. The molecular formula is C34H23NO. The van der Waals surface area contributed by atoms with Crippen LogP contribution in [0.4, 0.5) is 0 Å². The zero-order valence-electron chi connectivity index (χ0n) is 19.9. The van der Waals surface area contributed by atoms with Crippen molar-refractivity contribution in [3.63, 3.8) is 0 Å². The number of nitrogens with zero attached hydrogens (tertiary/aromatic N) is 1. The maximum absolute atomic E-state index is 13.6. The summed E-state index contributed by atoms with van der Waals surface area (Å²) in [5.74, 6) is 0. The zero-order valence-corrected chi connectivity index (χ0v) is 19.9. The van der Waals surface area contributed by atoms with Crippen molar-refractivity contribution in [2.45, 2.75) is 6.92 Å². The quantitative estimate of drug-likeness (QED) is 0.237. The van der Waals surface area contributed by atoms with Crippen LogP contribution in [0.25, 0.3) is 60.0 Å². The minimum Gasteiger partial charge on any atom is -0.276 e. The van der Waals surface area contributed by atoms with Crippen LogP contribution in [0.1, 0.15) is 5.56 Å². The van der Waals surface area contributed by atoms with Crippen LogP contribution in [0.15, 0.2) is 126 Å². The molecule has 2 heteroatoms. The molecule has 7 rings (SSSR count). The Bertz CT molecular complexity index is 2020. The minimum atomic E-state index is 0.00425. The largest absolute Gasteiger partial charge is 0.276 e. The molecule has 0 N–H and O–H groups in total. The van der Waals surface area contributed by atoms with Crippen molar-refractivity contribution in [3.05, 3.63) is 137 Å². The molecular weight excluding hydrogens is 438 g/mol. The first-order valence-electron chi connectivity index (χ1n) is 12.2. The molecule has 1 aromatic heterocycles. The average Bonchev–Trinajstić information content (AvgIpc) is 2.93. The molecule has 0 radical (unpaired) electrons. The lowest BCUT2D eigenvalue weighted by molar-refractivity contribution is 1.06. The first-order chi connectivity index (χ1) is 17.7. The average molecular weight is 462 g/mol. The molecule has 2 nitrogen and oxygen atoms in total. The van der Waals surface area contributed by atoms with Gasteiger partial charge in [-0.1, -0.05) is 90.5 Å². The topological polar surface area (TPSA) is 22.0 Å². The Balaban J connectivity index is 1.53. The van der Waals surface area contributed by atoms with Gasteiger partial charge >= 0.3 is 0 Å². The Labute approximate surface area is 208 Å². The highest BCUT2D eigenvalue weighted by molar-refractivity contribution is 6.10. The maximum atomic E-state index is 13.6. The summed E-state index contributed by atoms with van der Waals surface area (Å²) in [4.78, 5) is 13.6. The summed E-state index contributed by atoms with van der Waals surface area (Å²) in [6, 6.07) is 42.0. The number of hydrogen-bond donors (Lipinski definition) is 0. The molecule has 0 bridgehead atoms. The molecule has 6 aromatic carbocycles. The maximum Gasteiger partial charge on any atom is 0.263 e. The van der Waals surface area contributed by atoms with Crippen molar-refractivity contribution in [1.82, 2.24) is 4.57 Å². The van der Waals surface area contributed by atoms with Gasteiger partial charge in [-0.15, -0.1) is 0 Å². The predicted octanol–water partition coefficient (Wildman–Crippen LogP) is 8.43. The van der Waals surface area contributed by atoms with Crippen molar-refractivity contribution < 1.29 is 0 Å². The summed E-state index contributed by atoms with van der Waals surface area (Å²) < 4.78 is 1.83. The highest BCUT2D eigenvalue weighted by Crippen LogP contribution is 2.33. The van der Waals surface area contributed by atoms with Crippen LogP contribution in [-0.2, 0) is 0 Å². The van der Waals surface area contributed by atoms with E-state index in [0.29, 0.717) is 0 Å². The second-order valence-electron chi connectivity index (χ2n) is 9.48. The number of rotatable bonds is 2. The van der Waals surface area contributed by atoms with E-state index in [2.05, 4.69) is 79.7 Å². The number of hydrogen-bond acceptors (Lipinski definition) is 1. The van der Waals surface area contributed by atoms with Crippen LogP contribution in [0, 0.1) is 6.92 Å². The Morgan fingerprint density at radius 2 is 1.08 bits per heavy atom. The van der Waals surface area contributed by atoms with E-state index >= 15 is 0 Å². The van der Waals surface area contributed by atoms with E-state index in [4.69, 9.17) is 0 Å². The van der Waals surface area contributed by atoms with Crippen LogP contribution in [0.3, 0.4) is 0 Å². The van der Waals surface area contributed by atoms with Gasteiger partial charge < -0.3 is 0 Å². The lowest BCUT2D eigenvalue weighted by Crippen LogP contribution is -2.19. The monoisotopic (exact) mass is 461 g/mol. The Kier molecular flexibility index (Phi) is 4.55. The number of fused-ring (bicyclic) bond motifs is 6. The van der Waals surface area contributed by atoms with Crippen molar-refractivity contribution in [2.24, 2.45) is 0 Å². The van der Waals surface area contributed by atoms with Crippen molar-refractivity contribution in [3.8, 4) is 16.8 Å². The summed E-state index contributed by atoms with van der Waals surface area (Å²) in [7, 11) is 0. The third-order valence-corrected chi connectivity index (χ3v) is 7.23. The lowest BCUT2D eigenvalue weighted by atomic mass is 9.95. The van der Waals surface area contributed by atoms with Gasteiger partial charge in [0.25, 0.3) is 5.56 Å². The van der Waals surface area contributed by atoms with E-state index in [1.54, 1.807) is 0 Å². The predicted molar refractivity (Wildman–Crippen MR) is 152 cm³/mol. The highest BCUT2D eigenvalue weighted by Gasteiger charge is 2.13. The summed E-state index contributed by atoms with van der Waals surface area (Å²) in [6.45, 7) is 2.14. The van der Waals surface area contributed by atoms with Crippen LogP contribution in [0.5, 0.6) is 0 Å². The van der Waals surface area contributed by atoms with Gasteiger partial charge in [0.1, 0.15) is 0 Å². The van der Waals surface area contributed by atoms with Crippen LogP contribution in [-0.4, -0.2) is 4.57 Å². The molecule has 170 valence electrons. The Hall–Kier alpha value is -4.69. The number of pyridine rings is 1. The van der Waals surface area contributed by atoms with Gasteiger partial charge in [0.15, 0.2) is 0 Å². The smallest absolute Gasteiger partial charge is 0.263 e. The molecule has 0 aliphatic heterocycles. The lowest BCUT2D eigenvalue weighted by Gasteiger charge is -2.15.